The predicted octanol–water partition coefficient (Wildman–Crippen LogP) is 5.99. The number of carbonyl (C=O) groups is 1. The Hall–Kier alpha value is -3.24. The van der Waals surface area contributed by atoms with Crippen molar-refractivity contribution in [2.75, 3.05) is 0 Å². The lowest BCUT2D eigenvalue weighted by molar-refractivity contribution is -0.120. The van der Waals surface area contributed by atoms with Gasteiger partial charge in [0.15, 0.2) is 0 Å². The van der Waals surface area contributed by atoms with Crippen molar-refractivity contribution >= 4 is 28.4 Å². The second-order valence-electron chi connectivity index (χ2n) is 7.80. The Labute approximate surface area is 181 Å². The average Bonchev–Trinajstić information content (AvgIpc) is 2.73. The molecule has 30 heavy (non-hydrogen) atoms. The van der Waals surface area contributed by atoms with Crippen LogP contribution in [0.2, 0.25) is 5.15 Å². The molecule has 0 aliphatic rings. The van der Waals surface area contributed by atoms with Crippen LogP contribution in [0.15, 0.2) is 72.9 Å². The molecule has 0 fully saturated rings. The van der Waals surface area contributed by atoms with Gasteiger partial charge in [-0.1, -0.05) is 66.2 Å². The number of nitrogens with zero attached hydrogens (tertiary/aromatic N) is 2. The number of aromatic nitrogens is 2. The van der Waals surface area contributed by atoms with E-state index in [9.17, 15) is 4.79 Å². The first-order chi connectivity index (χ1) is 14.3. The number of fused-ring (bicyclic) bond motifs is 1. The normalized spacial score (nSPS) is 11.5. The molecular weight excluding hydrogens is 394 g/mol. The third-order valence-electron chi connectivity index (χ3n) is 5.15. The lowest BCUT2D eigenvalue weighted by Gasteiger charge is -2.26. The molecule has 0 unspecified atom stereocenters. The van der Waals surface area contributed by atoms with E-state index in [0.29, 0.717) is 5.15 Å². The fraction of sp³-hybridized carbons (Fsp3) is 0.160. The van der Waals surface area contributed by atoms with Crippen molar-refractivity contribution in [1.29, 1.82) is 0 Å². The second-order valence-corrected chi connectivity index (χ2v) is 8.16. The molecule has 150 valence electrons. The minimum atomic E-state index is -0.456. The van der Waals surface area contributed by atoms with Crippen molar-refractivity contribution in [1.82, 2.24) is 15.3 Å². The van der Waals surface area contributed by atoms with Crippen molar-refractivity contribution in [2.45, 2.75) is 26.3 Å². The maximum absolute atomic E-state index is 11.5. The summed E-state index contributed by atoms with van der Waals surface area (Å²) in [7, 11) is 0. The van der Waals surface area contributed by atoms with Crippen LogP contribution < -0.4 is 5.32 Å². The quantitative estimate of drug-likeness (QED) is 0.416. The number of amides is 1. The standard InChI is InChI=1S/C25H22ClN3O/c1-16(30)29-25(2,3)19-11-9-18(10-12-19)23-20(17-7-5-4-6-8-17)15-21-22(28-23)13-14-27-24(21)26/h4-15H,1-3H3,(H,29,30). The zero-order chi connectivity index (χ0) is 21.3. The number of nitrogens with one attached hydrogen (secondary N) is 1. The number of benzene rings is 2. The first kappa shape index (κ1) is 20.0. The predicted molar refractivity (Wildman–Crippen MR) is 122 cm³/mol. The fourth-order valence-electron chi connectivity index (χ4n) is 3.68. The summed E-state index contributed by atoms with van der Waals surface area (Å²) >= 11 is 6.34. The summed E-state index contributed by atoms with van der Waals surface area (Å²) in [6, 6.07) is 22.2. The van der Waals surface area contributed by atoms with Gasteiger partial charge in [0.1, 0.15) is 5.15 Å². The summed E-state index contributed by atoms with van der Waals surface area (Å²) in [5.74, 6) is -0.0582. The van der Waals surface area contributed by atoms with Gasteiger partial charge in [0.25, 0.3) is 0 Å². The molecule has 0 radical (unpaired) electrons. The van der Waals surface area contributed by atoms with Crippen LogP contribution in [0, 0.1) is 0 Å². The molecule has 2 aromatic heterocycles. The van der Waals surface area contributed by atoms with Crippen molar-refractivity contribution in [3.63, 3.8) is 0 Å². The lowest BCUT2D eigenvalue weighted by Crippen LogP contribution is -2.39. The lowest BCUT2D eigenvalue weighted by atomic mass is 9.91. The molecular formula is C25H22ClN3O. The van der Waals surface area contributed by atoms with Gasteiger partial charge in [-0.25, -0.2) is 9.97 Å². The zero-order valence-corrected chi connectivity index (χ0v) is 17.9. The van der Waals surface area contributed by atoms with Gasteiger partial charge in [-0.2, -0.15) is 0 Å². The van der Waals surface area contributed by atoms with Crippen LogP contribution in [-0.4, -0.2) is 15.9 Å². The minimum absolute atomic E-state index is 0.0582. The Morgan fingerprint density at radius 3 is 2.33 bits per heavy atom. The monoisotopic (exact) mass is 415 g/mol. The molecule has 4 nitrogen and oxygen atoms in total. The molecule has 0 aliphatic heterocycles. The SMILES string of the molecule is CC(=O)NC(C)(C)c1ccc(-c2nc3ccnc(Cl)c3cc2-c2ccccc2)cc1. The number of hydrogen-bond donors (Lipinski definition) is 1. The molecule has 1 N–H and O–H groups in total. The van der Waals surface area contributed by atoms with Gasteiger partial charge in [0.2, 0.25) is 5.91 Å². The number of carbonyl (C=O) groups excluding carboxylic acids is 1. The molecule has 0 bridgehead atoms. The van der Waals surface area contributed by atoms with Gasteiger partial charge < -0.3 is 5.32 Å². The number of pyridine rings is 2. The van der Waals surface area contributed by atoms with E-state index in [4.69, 9.17) is 16.6 Å². The van der Waals surface area contributed by atoms with E-state index >= 15 is 0 Å². The first-order valence-electron chi connectivity index (χ1n) is 9.75. The van der Waals surface area contributed by atoms with Gasteiger partial charge in [0, 0.05) is 29.6 Å². The van der Waals surface area contributed by atoms with Crippen molar-refractivity contribution in [3.8, 4) is 22.4 Å². The van der Waals surface area contributed by atoms with E-state index < -0.39 is 5.54 Å². The summed E-state index contributed by atoms with van der Waals surface area (Å²) in [4.78, 5) is 20.7. The third-order valence-corrected chi connectivity index (χ3v) is 5.45. The molecule has 2 aromatic carbocycles. The van der Waals surface area contributed by atoms with Crippen LogP contribution in [0.4, 0.5) is 0 Å². The van der Waals surface area contributed by atoms with Gasteiger partial charge in [0.05, 0.1) is 16.7 Å². The molecule has 0 saturated heterocycles. The van der Waals surface area contributed by atoms with E-state index in [1.807, 2.05) is 62.4 Å². The Morgan fingerprint density at radius 1 is 0.967 bits per heavy atom. The molecule has 0 spiro atoms. The Bertz CT molecular complexity index is 1220. The van der Waals surface area contributed by atoms with Crippen LogP contribution in [0.1, 0.15) is 26.3 Å². The highest BCUT2D eigenvalue weighted by Gasteiger charge is 2.21. The van der Waals surface area contributed by atoms with Crippen molar-refractivity contribution in [3.05, 3.63) is 83.6 Å². The molecule has 0 atom stereocenters. The number of hydrogen-bond acceptors (Lipinski definition) is 3. The Kier molecular flexibility index (Phi) is 5.27. The molecule has 1 amide bonds. The maximum Gasteiger partial charge on any atom is 0.217 e. The summed E-state index contributed by atoms with van der Waals surface area (Å²) in [6.45, 7) is 5.51. The van der Waals surface area contributed by atoms with Gasteiger partial charge >= 0.3 is 0 Å². The fourth-order valence-corrected chi connectivity index (χ4v) is 3.89. The summed E-state index contributed by atoms with van der Waals surface area (Å²) in [6.07, 6.45) is 1.67. The van der Waals surface area contributed by atoms with Crippen molar-refractivity contribution < 1.29 is 4.79 Å². The van der Waals surface area contributed by atoms with Gasteiger partial charge in [-0.15, -0.1) is 0 Å². The van der Waals surface area contributed by atoms with E-state index in [0.717, 1.165) is 38.9 Å². The highest BCUT2D eigenvalue weighted by atomic mass is 35.5. The summed E-state index contributed by atoms with van der Waals surface area (Å²) in [5.41, 5.74) is 5.29. The van der Waals surface area contributed by atoms with Gasteiger partial charge in [-0.05, 0) is 37.1 Å². The topological polar surface area (TPSA) is 54.9 Å². The largest absolute Gasteiger partial charge is 0.347 e. The number of rotatable bonds is 4. The molecule has 5 heteroatoms. The van der Waals surface area contributed by atoms with Crippen LogP contribution >= 0.6 is 11.6 Å². The molecule has 2 heterocycles. The van der Waals surface area contributed by atoms with E-state index in [-0.39, 0.29) is 5.91 Å². The molecule has 0 aliphatic carbocycles. The second kappa shape index (κ2) is 7.88. The summed E-state index contributed by atoms with van der Waals surface area (Å²) in [5, 5.41) is 4.25. The van der Waals surface area contributed by atoms with Crippen LogP contribution in [-0.2, 0) is 10.3 Å². The van der Waals surface area contributed by atoms with E-state index in [2.05, 4.69) is 28.5 Å². The Morgan fingerprint density at radius 2 is 1.67 bits per heavy atom. The Balaban J connectivity index is 1.87. The van der Waals surface area contributed by atoms with Crippen molar-refractivity contribution in [2.24, 2.45) is 0 Å². The van der Waals surface area contributed by atoms with Crippen LogP contribution in [0.5, 0.6) is 0 Å². The average molecular weight is 416 g/mol. The first-order valence-corrected chi connectivity index (χ1v) is 10.1. The maximum atomic E-state index is 11.5. The highest BCUT2D eigenvalue weighted by Crippen LogP contribution is 2.35. The summed E-state index contributed by atoms with van der Waals surface area (Å²) < 4.78 is 0. The smallest absolute Gasteiger partial charge is 0.217 e. The molecule has 0 saturated carbocycles. The van der Waals surface area contributed by atoms with Crippen LogP contribution in [0.25, 0.3) is 33.3 Å². The number of halogens is 1. The van der Waals surface area contributed by atoms with Crippen LogP contribution in [0.3, 0.4) is 0 Å². The highest BCUT2D eigenvalue weighted by molar-refractivity contribution is 6.34. The molecule has 4 aromatic rings. The molecule has 4 rings (SSSR count). The minimum Gasteiger partial charge on any atom is -0.347 e. The zero-order valence-electron chi connectivity index (χ0n) is 17.1. The van der Waals surface area contributed by atoms with E-state index in [1.54, 1.807) is 6.20 Å². The van der Waals surface area contributed by atoms with E-state index in [1.165, 1.54) is 6.92 Å². The third kappa shape index (κ3) is 3.91. The van der Waals surface area contributed by atoms with Gasteiger partial charge in [-0.3, -0.25) is 4.79 Å².